The van der Waals surface area contributed by atoms with Crippen molar-refractivity contribution in [3.63, 3.8) is 0 Å². The van der Waals surface area contributed by atoms with Crippen molar-refractivity contribution in [2.45, 2.75) is 57.7 Å². The molecule has 0 aliphatic rings. The molecule has 3 amide bonds. The van der Waals surface area contributed by atoms with Gasteiger partial charge in [-0.05, 0) is 37.2 Å². The molecule has 0 unspecified atom stereocenters. The van der Waals surface area contributed by atoms with Gasteiger partial charge in [0.25, 0.3) is 0 Å². The van der Waals surface area contributed by atoms with Crippen LogP contribution in [-0.4, -0.2) is 70.5 Å². The van der Waals surface area contributed by atoms with E-state index in [1.807, 2.05) is 20.1 Å². The molecule has 0 saturated heterocycles. The number of amides is 3. The van der Waals surface area contributed by atoms with Crippen LogP contribution in [0.4, 0.5) is 0 Å². The fraction of sp³-hybridized carbons (Fsp3) is 0.706. The summed E-state index contributed by atoms with van der Waals surface area (Å²) in [4.78, 5) is 57.7. The Hall–Kier alpha value is -2.30. The molecule has 0 spiro atoms. The third-order valence-corrected chi connectivity index (χ3v) is 4.44. The number of carbonyl (C=O) groups excluding carboxylic acids is 3. The summed E-state index contributed by atoms with van der Waals surface area (Å²) in [5.74, 6) is -3.15. The van der Waals surface area contributed by atoms with Crippen molar-refractivity contribution < 1.29 is 34.2 Å². The fourth-order valence-electron chi connectivity index (χ4n) is 2.38. The average Bonchev–Trinajstić information content (AvgIpc) is 2.60. The van der Waals surface area contributed by atoms with Crippen LogP contribution < -0.4 is 16.0 Å². The summed E-state index contributed by atoms with van der Waals surface area (Å²) in [6.45, 7) is 3.67. The van der Waals surface area contributed by atoms with Gasteiger partial charge < -0.3 is 26.2 Å². The van der Waals surface area contributed by atoms with Gasteiger partial charge in [0.1, 0.15) is 18.1 Å². The van der Waals surface area contributed by atoms with Gasteiger partial charge >= 0.3 is 11.9 Å². The maximum atomic E-state index is 12.5. The van der Waals surface area contributed by atoms with Crippen molar-refractivity contribution in [1.82, 2.24) is 16.0 Å². The summed E-state index contributed by atoms with van der Waals surface area (Å²) in [7, 11) is 0. The van der Waals surface area contributed by atoms with E-state index < -0.39 is 48.3 Å². The van der Waals surface area contributed by atoms with Gasteiger partial charge in [-0.15, -0.1) is 0 Å². The van der Waals surface area contributed by atoms with Crippen molar-refractivity contribution >= 4 is 41.9 Å². The van der Waals surface area contributed by atoms with Gasteiger partial charge in [-0.2, -0.15) is 11.8 Å². The van der Waals surface area contributed by atoms with E-state index >= 15 is 0 Å². The minimum absolute atomic E-state index is 0.0158. The van der Waals surface area contributed by atoms with Gasteiger partial charge in [-0.1, -0.05) is 13.8 Å². The molecular formula is C17H29N3O7S. The Bertz CT molecular complexity index is 557. The Kier molecular flexibility index (Phi) is 12.7. The van der Waals surface area contributed by atoms with Crippen LogP contribution in [0.15, 0.2) is 0 Å². The van der Waals surface area contributed by atoms with E-state index in [0.29, 0.717) is 18.6 Å². The molecule has 5 N–H and O–H groups in total. The molecule has 10 nitrogen and oxygen atoms in total. The zero-order chi connectivity index (χ0) is 21.7. The van der Waals surface area contributed by atoms with E-state index in [2.05, 4.69) is 16.0 Å². The van der Waals surface area contributed by atoms with Gasteiger partial charge in [0.2, 0.25) is 18.2 Å². The van der Waals surface area contributed by atoms with Gasteiger partial charge in [-0.3, -0.25) is 19.2 Å². The van der Waals surface area contributed by atoms with E-state index in [1.165, 1.54) is 11.8 Å². The highest BCUT2D eigenvalue weighted by atomic mass is 32.2. The fourth-order valence-corrected chi connectivity index (χ4v) is 2.85. The van der Waals surface area contributed by atoms with Crippen molar-refractivity contribution in [1.29, 1.82) is 0 Å². The summed E-state index contributed by atoms with van der Waals surface area (Å²) >= 11 is 1.50. The molecule has 160 valence electrons. The van der Waals surface area contributed by atoms with Gasteiger partial charge in [0, 0.05) is 6.42 Å². The minimum atomic E-state index is -1.38. The van der Waals surface area contributed by atoms with Crippen LogP contribution in [0, 0.1) is 5.92 Å². The van der Waals surface area contributed by atoms with E-state index in [-0.39, 0.29) is 18.8 Å². The van der Waals surface area contributed by atoms with Gasteiger partial charge in [-0.25, -0.2) is 4.79 Å². The molecule has 0 aromatic carbocycles. The smallest absolute Gasteiger partial charge is 0.326 e. The van der Waals surface area contributed by atoms with Crippen molar-refractivity contribution in [2.24, 2.45) is 5.92 Å². The summed E-state index contributed by atoms with van der Waals surface area (Å²) in [5, 5.41) is 25.2. The second-order valence-electron chi connectivity index (χ2n) is 6.64. The van der Waals surface area contributed by atoms with Crippen LogP contribution in [0.1, 0.15) is 39.5 Å². The molecule has 28 heavy (non-hydrogen) atoms. The first kappa shape index (κ1) is 25.7. The molecule has 0 saturated carbocycles. The van der Waals surface area contributed by atoms with Gasteiger partial charge in [0.05, 0.1) is 0 Å². The Balaban J connectivity index is 5.17. The second kappa shape index (κ2) is 13.8. The standard InChI is InChI=1S/C17H29N3O7S/c1-10(2)8-13(20-15(24)11(18-9-21)6-7-28-3)16(25)19-12(17(26)27)4-5-14(22)23/h9-13H,4-8H2,1-3H3,(H,18,21)(H,19,25)(H,20,24)(H,22,23)(H,26,27)/t11-,12+,13-/m0/s1. The third-order valence-electron chi connectivity index (χ3n) is 3.80. The van der Waals surface area contributed by atoms with E-state index in [1.54, 1.807) is 0 Å². The number of carboxylic acid groups (broad SMARTS) is 2. The normalized spacial score (nSPS) is 13.9. The molecule has 0 aromatic heterocycles. The predicted octanol–water partition coefficient (Wildman–Crippen LogP) is -0.181. The summed E-state index contributed by atoms with van der Waals surface area (Å²) in [6, 6.07) is -3.20. The number of hydrogen-bond donors (Lipinski definition) is 5. The number of aliphatic carboxylic acids is 2. The quantitative estimate of drug-likeness (QED) is 0.228. The maximum absolute atomic E-state index is 12.5. The van der Waals surface area contributed by atoms with Crippen molar-refractivity contribution in [3.05, 3.63) is 0 Å². The molecule has 3 atom stereocenters. The lowest BCUT2D eigenvalue weighted by molar-refractivity contribution is -0.143. The molecule has 0 radical (unpaired) electrons. The van der Waals surface area contributed by atoms with Crippen molar-refractivity contribution in [3.8, 4) is 0 Å². The molecule has 0 aliphatic carbocycles. The predicted molar refractivity (Wildman–Crippen MR) is 104 cm³/mol. The van der Waals surface area contributed by atoms with Gasteiger partial charge in [0.15, 0.2) is 0 Å². The highest BCUT2D eigenvalue weighted by Gasteiger charge is 2.29. The number of carboxylic acids is 2. The SMILES string of the molecule is CSCC[C@H](NC=O)C(=O)N[C@@H](CC(C)C)C(=O)N[C@H](CCC(=O)O)C(=O)O. The summed E-state index contributed by atoms with van der Waals surface area (Å²) < 4.78 is 0. The zero-order valence-corrected chi connectivity index (χ0v) is 17.1. The molecule has 0 fully saturated rings. The highest BCUT2D eigenvalue weighted by molar-refractivity contribution is 7.98. The molecule has 0 bridgehead atoms. The van der Waals surface area contributed by atoms with E-state index in [0.717, 1.165) is 0 Å². The van der Waals surface area contributed by atoms with Crippen LogP contribution in [0.2, 0.25) is 0 Å². The molecule has 0 aromatic rings. The van der Waals surface area contributed by atoms with E-state index in [9.17, 15) is 29.1 Å². The van der Waals surface area contributed by atoms with Crippen LogP contribution in [0.25, 0.3) is 0 Å². The maximum Gasteiger partial charge on any atom is 0.326 e. The Labute approximate surface area is 168 Å². The van der Waals surface area contributed by atoms with Crippen LogP contribution in [0.5, 0.6) is 0 Å². The lowest BCUT2D eigenvalue weighted by Gasteiger charge is -2.24. The van der Waals surface area contributed by atoms with Crippen LogP contribution >= 0.6 is 11.8 Å². The summed E-state index contributed by atoms with van der Waals surface area (Å²) in [6.07, 6.45) is 2.19. The Morgan fingerprint density at radius 1 is 0.964 bits per heavy atom. The molecule has 11 heteroatoms. The lowest BCUT2D eigenvalue weighted by Crippen LogP contribution is -2.55. The Morgan fingerprint density at radius 2 is 1.54 bits per heavy atom. The molecular weight excluding hydrogens is 390 g/mol. The third kappa shape index (κ3) is 10.8. The number of rotatable bonds is 15. The lowest BCUT2D eigenvalue weighted by atomic mass is 10.0. The van der Waals surface area contributed by atoms with E-state index in [4.69, 9.17) is 5.11 Å². The van der Waals surface area contributed by atoms with Crippen LogP contribution in [-0.2, 0) is 24.0 Å². The largest absolute Gasteiger partial charge is 0.481 e. The number of thioether (sulfide) groups is 1. The average molecular weight is 420 g/mol. The first-order valence-corrected chi connectivity index (χ1v) is 10.3. The topological polar surface area (TPSA) is 162 Å². The first-order chi connectivity index (χ1) is 13.1. The molecule has 0 rings (SSSR count). The highest BCUT2D eigenvalue weighted by Crippen LogP contribution is 2.08. The number of carbonyl (C=O) groups is 5. The monoisotopic (exact) mass is 419 g/mol. The molecule has 0 aliphatic heterocycles. The summed E-state index contributed by atoms with van der Waals surface area (Å²) in [5.41, 5.74) is 0. The number of hydrogen-bond acceptors (Lipinski definition) is 6. The zero-order valence-electron chi connectivity index (χ0n) is 16.3. The number of nitrogens with one attached hydrogen (secondary N) is 3. The Morgan fingerprint density at radius 3 is 2.00 bits per heavy atom. The second-order valence-corrected chi connectivity index (χ2v) is 7.63. The molecule has 0 heterocycles. The van der Waals surface area contributed by atoms with Crippen LogP contribution in [0.3, 0.4) is 0 Å². The van der Waals surface area contributed by atoms with Crippen molar-refractivity contribution in [2.75, 3.05) is 12.0 Å². The first-order valence-electron chi connectivity index (χ1n) is 8.86. The minimum Gasteiger partial charge on any atom is -0.481 e.